The number of benzene rings is 4. The fourth-order valence-corrected chi connectivity index (χ4v) is 4.44. The van der Waals surface area contributed by atoms with Gasteiger partial charge in [-0.2, -0.15) is 0 Å². The van der Waals surface area contributed by atoms with Crippen molar-refractivity contribution in [3.05, 3.63) is 94.5 Å². The van der Waals surface area contributed by atoms with Gasteiger partial charge in [0.2, 0.25) is 0 Å². The molecule has 0 aliphatic heterocycles. The fourth-order valence-electron chi connectivity index (χ4n) is 4.44. The van der Waals surface area contributed by atoms with Crippen LogP contribution in [0.3, 0.4) is 0 Å². The number of hydrogen-bond donors (Lipinski definition) is 0. The summed E-state index contributed by atoms with van der Waals surface area (Å²) in [6, 6.07) is 25.2. The highest BCUT2D eigenvalue weighted by atomic mass is 14.2. The minimum absolute atomic E-state index is 1.11. The van der Waals surface area contributed by atoms with Crippen LogP contribution in [-0.2, 0) is 25.7 Å². The molecule has 0 spiro atoms. The third-order valence-electron chi connectivity index (χ3n) is 5.81. The summed E-state index contributed by atoms with van der Waals surface area (Å²) in [5.74, 6) is 0. The normalized spacial score (nSPS) is 14.0. The summed E-state index contributed by atoms with van der Waals surface area (Å²) < 4.78 is 0. The molecule has 0 nitrogen and oxygen atoms in total. The lowest BCUT2D eigenvalue weighted by Gasteiger charge is -2.18. The van der Waals surface area contributed by atoms with Crippen molar-refractivity contribution in [3.63, 3.8) is 0 Å². The zero-order valence-corrected chi connectivity index (χ0v) is 14.7. The third-order valence-corrected chi connectivity index (χ3v) is 5.81. The van der Waals surface area contributed by atoms with Gasteiger partial charge in [0.25, 0.3) is 0 Å². The van der Waals surface area contributed by atoms with Gasteiger partial charge in [-0.3, -0.25) is 0 Å². The molecule has 4 bridgehead atoms. The van der Waals surface area contributed by atoms with Crippen molar-refractivity contribution in [1.82, 2.24) is 0 Å². The molecule has 0 radical (unpaired) electrons. The molecule has 0 heteroatoms. The Labute approximate surface area is 149 Å². The second-order valence-corrected chi connectivity index (χ2v) is 7.36. The van der Waals surface area contributed by atoms with Gasteiger partial charge in [-0.25, -0.2) is 0 Å². The molecule has 0 unspecified atom stereocenters. The maximum Gasteiger partial charge on any atom is -0.00678 e. The molecule has 0 atom stereocenters. The van der Waals surface area contributed by atoms with Gasteiger partial charge in [-0.05, 0) is 82.0 Å². The van der Waals surface area contributed by atoms with Crippen molar-refractivity contribution in [1.29, 1.82) is 0 Å². The summed E-state index contributed by atoms with van der Waals surface area (Å²) in [7, 11) is 0. The van der Waals surface area contributed by atoms with E-state index in [-0.39, 0.29) is 0 Å². The lowest BCUT2D eigenvalue weighted by atomic mass is 9.86. The molecule has 0 aromatic heterocycles. The molecule has 0 amide bonds. The molecule has 4 aliphatic carbocycles. The van der Waals surface area contributed by atoms with Crippen LogP contribution >= 0.6 is 0 Å². The van der Waals surface area contributed by atoms with Crippen molar-refractivity contribution in [2.75, 3.05) is 0 Å². The molecule has 4 aliphatic rings. The van der Waals surface area contributed by atoms with Crippen LogP contribution < -0.4 is 0 Å². The molecule has 8 rings (SSSR count). The van der Waals surface area contributed by atoms with Gasteiger partial charge in [0, 0.05) is 0 Å². The first-order valence-corrected chi connectivity index (χ1v) is 9.30. The van der Waals surface area contributed by atoms with Crippen LogP contribution in [0.4, 0.5) is 0 Å². The Balaban J connectivity index is 1.84. The minimum Gasteiger partial charge on any atom is -0.0616 e. The first-order valence-electron chi connectivity index (χ1n) is 9.30. The van der Waals surface area contributed by atoms with Crippen LogP contribution in [0.25, 0.3) is 21.5 Å². The minimum atomic E-state index is 1.11. The van der Waals surface area contributed by atoms with Crippen molar-refractivity contribution < 1.29 is 0 Å². The average Bonchev–Trinajstić information content (AvgIpc) is 2.64. The number of fused-ring (bicyclic) bond motifs is 1. The summed E-state index contributed by atoms with van der Waals surface area (Å²) >= 11 is 0. The van der Waals surface area contributed by atoms with Gasteiger partial charge in [-0.1, -0.05) is 66.7 Å². The van der Waals surface area contributed by atoms with Gasteiger partial charge in [0.15, 0.2) is 0 Å². The zero-order valence-electron chi connectivity index (χ0n) is 14.7. The second-order valence-electron chi connectivity index (χ2n) is 7.36. The Morgan fingerprint density at radius 3 is 2.16 bits per heavy atom. The highest BCUT2D eigenvalue weighted by Gasteiger charge is 2.14. The quantitative estimate of drug-likeness (QED) is 0.339. The Morgan fingerprint density at radius 1 is 0.640 bits per heavy atom. The van der Waals surface area contributed by atoms with Crippen molar-refractivity contribution >= 4 is 21.5 Å². The SMILES string of the molecule is Cc1cc2c3ccc4ccccc4c3c1CCc1ccc(cc1)CC2. The Hall–Kier alpha value is -2.60. The lowest BCUT2D eigenvalue weighted by Crippen LogP contribution is -2.02. The van der Waals surface area contributed by atoms with E-state index >= 15 is 0 Å². The van der Waals surface area contributed by atoms with E-state index in [1.165, 1.54) is 49.4 Å². The van der Waals surface area contributed by atoms with E-state index in [4.69, 9.17) is 0 Å². The highest BCUT2D eigenvalue weighted by Crippen LogP contribution is 2.34. The Kier molecular flexibility index (Phi) is 3.38. The summed E-state index contributed by atoms with van der Waals surface area (Å²) in [5.41, 5.74) is 7.36. The molecule has 122 valence electrons. The Morgan fingerprint density at radius 2 is 1.36 bits per heavy atom. The second kappa shape index (κ2) is 5.74. The maximum atomic E-state index is 2.44. The smallest absolute Gasteiger partial charge is 0.00678 e. The summed E-state index contributed by atoms with van der Waals surface area (Å²) in [4.78, 5) is 0. The van der Waals surface area contributed by atoms with E-state index in [1.54, 1.807) is 0 Å². The van der Waals surface area contributed by atoms with Crippen LogP contribution in [0.5, 0.6) is 0 Å². The summed E-state index contributed by atoms with van der Waals surface area (Å²) in [6.07, 6.45) is 4.44. The summed E-state index contributed by atoms with van der Waals surface area (Å²) in [6.45, 7) is 2.30. The van der Waals surface area contributed by atoms with E-state index in [9.17, 15) is 0 Å². The van der Waals surface area contributed by atoms with Gasteiger partial charge in [0.1, 0.15) is 0 Å². The van der Waals surface area contributed by atoms with Crippen LogP contribution in [0.15, 0.2) is 66.7 Å². The van der Waals surface area contributed by atoms with Gasteiger partial charge < -0.3 is 0 Å². The fraction of sp³-hybridized carbons (Fsp3) is 0.200. The van der Waals surface area contributed by atoms with Crippen molar-refractivity contribution in [2.24, 2.45) is 0 Å². The first-order chi connectivity index (χ1) is 12.3. The number of hydrogen-bond acceptors (Lipinski definition) is 0. The van der Waals surface area contributed by atoms with Crippen LogP contribution in [0.1, 0.15) is 27.8 Å². The number of rotatable bonds is 0. The standard InChI is InChI=1S/C25H22/c1-17-16-21-12-10-18-6-8-19(9-7-18)11-14-22(17)25-23-5-3-2-4-20(23)13-15-24(21)25/h2-9,13,15-16H,10-12,14H2,1H3. The maximum absolute atomic E-state index is 2.44. The highest BCUT2D eigenvalue weighted by molar-refractivity contribution is 6.10. The van der Waals surface area contributed by atoms with Crippen molar-refractivity contribution in [3.8, 4) is 0 Å². The number of aryl methyl sites for hydroxylation is 5. The van der Waals surface area contributed by atoms with E-state index in [1.807, 2.05) is 0 Å². The van der Waals surface area contributed by atoms with E-state index < -0.39 is 0 Å². The predicted molar refractivity (Wildman–Crippen MR) is 107 cm³/mol. The van der Waals surface area contributed by atoms with Gasteiger partial charge >= 0.3 is 0 Å². The monoisotopic (exact) mass is 322 g/mol. The third kappa shape index (κ3) is 2.44. The molecular weight excluding hydrogens is 300 g/mol. The van der Waals surface area contributed by atoms with Crippen molar-refractivity contribution in [2.45, 2.75) is 32.6 Å². The van der Waals surface area contributed by atoms with Gasteiger partial charge in [-0.15, -0.1) is 0 Å². The van der Waals surface area contributed by atoms with E-state index in [0.717, 1.165) is 25.7 Å². The van der Waals surface area contributed by atoms with Gasteiger partial charge in [0.05, 0.1) is 0 Å². The largest absolute Gasteiger partial charge is 0.0616 e. The molecule has 0 saturated heterocycles. The zero-order chi connectivity index (χ0) is 16.8. The topological polar surface area (TPSA) is 0 Å². The Bertz CT molecular complexity index is 1080. The molecule has 0 heterocycles. The molecule has 4 aromatic rings. The van der Waals surface area contributed by atoms with Crippen LogP contribution in [0.2, 0.25) is 0 Å². The van der Waals surface area contributed by atoms with Crippen LogP contribution in [-0.4, -0.2) is 0 Å². The molecule has 0 fully saturated rings. The summed E-state index contributed by atoms with van der Waals surface area (Å²) in [5, 5.41) is 5.70. The molecule has 25 heavy (non-hydrogen) atoms. The lowest BCUT2D eigenvalue weighted by molar-refractivity contribution is 0.926. The van der Waals surface area contributed by atoms with E-state index in [2.05, 4.69) is 73.7 Å². The predicted octanol–water partition coefficient (Wildman–Crippen LogP) is 6.19. The molecule has 4 aromatic carbocycles. The molecule has 0 saturated carbocycles. The average molecular weight is 322 g/mol. The first kappa shape index (κ1) is 14.7. The van der Waals surface area contributed by atoms with E-state index in [0.29, 0.717) is 0 Å². The molecular formula is C25H22. The van der Waals surface area contributed by atoms with Crippen LogP contribution in [0, 0.1) is 6.92 Å². The molecule has 0 N–H and O–H groups in total.